The summed E-state index contributed by atoms with van der Waals surface area (Å²) in [6, 6.07) is 20.5. The molecule has 0 bridgehead atoms. The van der Waals surface area contributed by atoms with Gasteiger partial charge in [-0.1, -0.05) is 30.3 Å². The first-order valence-electron chi connectivity index (χ1n) is 10.4. The van der Waals surface area contributed by atoms with Crippen molar-refractivity contribution in [3.05, 3.63) is 77.4 Å². The van der Waals surface area contributed by atoms with E-state index in [2.05, 4.69) is 54.8 Å². The number of nitrogens with zero attached hydrogens (tertiary/aromatic N) is 1. The molecule has 4 aromatic carbocycles. The number of hydrogen-bond donors (Lipinski definition) is 1. The molecular formula is C27H25NO3. The van der Waals surface area contributed by atoms with Crippen molar-refractivity contribution in [2.75, 3.05) is 14.2 Å². The molecule has 0 aliphatic rings. The van der Waals surface area contributed by atoms with Crippen LogP contribution in [-0.2, 0) is 6.54 Å². The van der Waals surface area contributed by atoms with Gasteiger partial charge in [-0.2, -0.15) is 0 Å². The number of aromatic hydroxyl groups is 1. The Morgan fingerprint density at radius 3 is 2.19 bits per heavy atom. The van der Waals surface area contributed by atoms with Gasteiger partial charge in [-0.15, -0.1) is 0 Å². The van der Waals surface area contributed by atoms with Crippen LogP contribution in [0.4, 0.5) is 0 Å². The summed E-state index contributed by atoms with van der Waals surface area (Å²) in [6.07, 6.45) is 0. The normalized spacial score (nSPS) is 11.5. The second-order valence-electron chi connectivity index (χ2n) is 8.07. The Balaban J connectivity index is 2.00. The maximum Gasteiger partial charge on any atom is 0.132 e. The van der Waals surface area contributed by atoms with Gasteiger partial charge in [-0.25, -0.2) is 0 Å². The molecule has 1 N–H and O–H groups in total. The zero-order valence-electron chi connectivity index (χ0n) is 18.2. The molecule has 1 heterocycles. The first-order chi connectivity index (χ1) is 15.0. The van der Waals surface area contributed by atoms with E-state index in [0.717, 1.165) is 49.6 Å². The Bertz CT molecular complexity index is 1450. The molecule has 0 spiro atoms. The Morgan fingerprint density at radius 1 is 0.806 bits per heavy atom. The summed E-state index contributed by atoms with van der Waals surface area (Å²) in [5.74, 6) is 1.75. The Labute approximate surface area is 181 Å². The van der Waals surface area contributed by atoms with Crippen molar-refractivity contribution in [1.82, 2.24) is 4.57 Å². The highest BCUT2D eigenvalue weighted by Gasteiger charge is 2.20. The fraction of sp³-hybridized carbons (Fsp3) is 0.185. The molecule has 0 aliphatic carbocycles. The molecule has 4 heteroatoms. The molecule has 5 aromatic rings. The van der Waals surface area contributed by atoms with E-state index < -0.39 is 0 Å². The third kappa shape index (κ3) is 2.98. The summed E-state index contributed by atoms with van der Waals surface area (Å²) in [5.41, 5.74) is 5.65. The van der Waals surface area contributed by atoms with Gasteiger partial charge in [0, 0.05) is 34.8 Å². The van der Waals surface area contributed by atoms with Crippen molar-refractivity contribution in [3.63, 3.8) is 0 Å². The minimum Gasteiger partial charge on any atom is -0.507 e. The first-order valence-corrected chi connectivity index (χ1v) is 10.4. The average Bonchev–Trinajstić information content (AvgIpc) is 3.08. The number of fused-ring (bicyclic) bond motifs is 5. The van der Waals surface area contributed by atoms with Crippen LogP contribution in [0, 0.1) is 13.8 Å². The lowest BCUT2D eigenvalue weighted by molar-refractivity contribution is 0.398. The van der Waals surface area contributed by atoms with Crippen molar-refractivity contribution < 1.29 is 14.6 Å². The molecule has 0 saturated heterocycles. The van der Waals surface area contributed by atoms with Crippen LogP contribution in [0.15, 0.2) is 60.7 Å². The van der Waals surface area contributed by atoms with Crippen LogP contribution < -0.4 is 9.47 Å². The minimum atomic E-state index is 0.280. The lowest BCUT2D eigenvalue weighted by Crippen LogP contribution is -2.00. The number of rotatable bonds is 4. The summed E-state index contributed by atoms with van der Waals surface area (Å²) >= 11 is 0. The third-order valence-corrected chi connectivity index (χ3v) is 6.23. The molecule has 1 aromatic heterocycles. The molecule has 31 heavy (non-hydrogen) atoms. The highest BCUT2D eigenvalue weighted by Crippen LogP contribution is 2.44. The lowest BCUT2D eigenvalue weighted by Gasteiger charge is -2.12. The molecule has 0 fully saturated rings. The SMILES string of the molecule is COc1cc(OC)c2c3cc(O)c4cc(C)c(C)cc4c3n(Cc3ccccc3)c2c1. The molecule has 5 rings (SSSR count). The average molecular weight is 412 g/mol. The van der Waals surface area contributed by atoms with E-state index in [4.69, 9.17) is 9.47 Å². The second kappa shape index (κ2) is 7.24. The summed E-state index contributed by atoms with van der Waals surface area (Å²) in [6.45, 7) is 4.88. The van der Waals surface area contributed by atoms with E-state index in [0.29, 0.717) is 6.54 Å². The van der Waals surface area contributed by atoms with Crippen LogP contribution in [0.25, 0.3) is 32.6 Å². The molecule has 0 atom stereocenters. The zero-order valence-corrected chi connectivity index (χ0v) is 18.2. The van der Waals surface area contributed by atoms with Crippen molar-refractivity contribution >= 4 is 32.6 Å². The van der Waals surface area contributed by atoms with Crippen LogP contribution in [0.3, 0.4) is 0 Å². The molecule has 0 aliphatic heterocycles. The predicted molar refractivity (Wildman–Crippen MR) is 127 cm³/mol. The number of ether oxygens (including phenoxy) is 2. The van der Waals surface area contributed by atoms with Gasteiger partial charge >= 0.3 is 0 Å². The van der Waals surface area contributed by atoms with Gasteiger partial charge in [-0.05, 0) is 48.7 Å². The molecule has 0 radical (unpaired) electrons. The van der Waals surface area contributed by atoms with Crippen molar-refractivity contribution in [1.29, 1.82) is 0 Å². The van der Waals surface area contributed by atoms with E-state index in [-0.39, 0.29) is 5.75 Å². The van der Waals surface area contributed by atoms with E-state index in [1.54, 1.807) is 14.2 Å². The van der Waals surface area contributed by atoms with Crippen LogP contribution in [0.5, 0.6) is 17.2 Å². The zero-order chi connectivity index (χ0) is 21.7. The van der Waals surface area contributed by atoms with Gasteiger partial charge in [0.2, 0.25) is 0 Å². The Hall–Kier alpha value is -3.66. The van der Waals surface area contributed by atoms with Gasteiger partial charge in [0.15, 0.2) is 0 Å². The van der Waals surface area contributed by atoms with Crippen molar-refractivity contribution in [3.8, 4) is 17.2 Å². The van der Waals surface area contributed by atoms with Gasteiger partial charge in [-0.3, -0.25) is 0 Å². The number of hydrogen-bond acceptors (Lipinski definition) is 3. The summed E-state index contributed by atoms with van der Waals surface area (Å²) in [7, 11) is 3.33. The van der Waals surface area contributed by atoms with E-state index in [1.165, 1.54) is 11.1 Å². The summed E-state index contributed by atoms with van der Waals surface area (Å²) in [4.78, 5) is 0. The summed E-state index contributed by atoms with van der Waals surface area (Å²) < 4.78 is 13.6. The number of aromatic nitrogens is 1. The maximum atomic E-state index is 10.9. The predicted octanol–water partition coefficient (Wildman–Crippen LogP) is 6.34. The van der Waals surface area contributed by atoms with Crippen LogP contribution >= 0.6 is 0 Å². The largest absolute Gasteiger partial charge is 0.507 e. The fourth-order valence-electron chi connectivity index (χ4n) is 4.52. The van der Waals surface area contributed by atoms with Crippen LogP contribution in [-0.4, -0.2) is 23.9 Å². The molecule has 0 amide bonds. The monoisotopic (exact) mass is 411 g/mol. The molecule has 4 nitrogen and oxygen atoms in total. The van der Waals surface area contributed by atoms with Gasteiger partial charge in [0.1, 0.15) is 17.2 Å². The lowest BCUT2D eigenvalue weighted by atomic mass is 9.99. The smallest absolute Gasteiger partial charge is 0.132 e. The maximum absolute atomic E-state index is 10.9. The van der Waals surface area contributed by atoms with Gasteiger partial charge in [0.25, 0.3) is 0 Å². The standard InChI is InChI=1S/C27H25NO3/c1-16-10-20-21(11-17(16)2)27-22(14-24(20)29)26-23(12-19(30-3)13-25(26)31-4)28(27)15-18-8-6-5-7-9-18/h5-14,29H,15H2,1-4H3. The van der Waals surface area contributed by atoms with E-state index in [9.17, 15) is 5.11 Å². The topological polar surface area (TPSA) is 43.6 Å². The van der Waals surface area contributed by atoms with E-state index in [1.807, 2.05) is 24.3 Å². The highest BCUT2D eigenvalue weighted by molar-refractivity contribution is 6.21. The first kappa shape index (κ1) is 19.3. The summed E-state index contributed by atoms with van der Waals surface area (Å²) in [5, 5.41) is 14.8. The number of aryl methyl sites for hydroxylation is 2. The highest BCUT2D eigenvalue weighted by atomic mass is 16.5. The van der Waals surface area contributed by atoms with Crippen LogP contribution in [0.1, 0.15) is 16.7 Å². The number of phenolic OH excluding ortho intramolecular Hbond substituents is 1. The molecule has 0 unspecified atom stereocenters. The minimum absolute atomic E-state index is 0.280. The molecular weight excluding hydrogens is 386 g/mol. The van der Waals surface area contributed by atoms with Crippen molar-refractivity contribution in [2.45, 2.75) is 20.4 Å². The second-order valence-corrected chi connectivity index (χ2v) is 8.07. The fourth-order valence-corrected chi connectivity index (χ4v) is 4.52. The quantitative estimate of drug-likeness (QED) is 0.375. The number of phenols is 1. The van der Waals surface area contributed by atoms with Crippen molar-refractivity contribution in [2.24, 2.45) is 0 Å². The van der Waals surface area contributed by atoms with Gasteiger partial charge in [0.05, 0.1) is 30.6 Å². The third-order valence-electron chi connectivity index (χ3n) is 6.23. The Kier molecular flexibility index (Phi) is 4.51. The Morgan fingerprint density at radius 2 is 1.52 bits per heavy atom. The number of methoxy groups -OCH3 is 2. The van der Waals surface area contributed by atoms with E-state index >= 15 is 0 Å². The number of benzene rings is 4. The van der Waals surface area contributed by atoms with Crippen LogP contribution in [0.2, 0.25) is 0 Å². The molecule has 0 saturated carbocycles. The molecule has 156 valence electrons. The van der Waals surface area contributed by atoms with Gasteiger partial charge < -0.3 is 19.1 Å².